The van der Waals surface area contributed by atoms with Gasteiger partial charge in [0.25, 0.3) is 0 Å². The maximum absolute atomic E-state index is 6.53. The second-order valence-electron chi connectivity index (χ2n) is 13.4. The van der Waals surface area contributed by atoms with Gasteiger partial charge >= 0.3 is 0 Å². The van der Waals surface area contributed by atoms with Crippen LogP contribution in [0.1, 0.15) is 81.2 Å². The summed E-state index contributed by atoms with van der Waals surface area (Å²) in [7, 11) is 0. The molecule has 0 bridgehead atoms. The third-order valence-electron chi connectivity index (χ3n) is 9.49. The van der Waals surface area contributed by atoms with Gasteiger partial charge in [0.15, 0.2) is 0 Å². The number of fused-ring (bicyclic) bond motifs is 3. The van der Waals surface area contributed by atoms with E-state index in [1.807, 2.05) is 41.3 Å². The molecule has 0 amide bonds. The van der Waals surface area contributed by atoms with Gasteiger partial charge < -0.3 is 4.74 Å². The van der Waals surface area contributed by atoms with E-state index < -0.39 is 0 Å². The predicted octanol–water partition coefficient (Wildman–Crippen LogP) is 11.5. The lowest BCUT2D eigenvalue weighted by molar-refractivity contribution is 0.483. The minimum atomic E-state index is 0.458. The Kier molecular flexibility index (Phi) is 8.38. The maximum Gasteiger partial charge on any atom is 0.137 e. The van der Waals surface area contributed by atoms with Gasteiger partial charge in [-0.2, -0.15) is 5.10 Å². The van der Waals surface area contributed by atoms with Crippen LogP contribution in [0.5, 0.6) is 11.5 Å². The van der Waals surface area contributed by atoms with Crippen LogP contribution < -0.4 is 4.74 Å². The summed E-state index contributed by atoms with van der Waals surface area (Å²) in [6, 6.07) is 29.6. The van der Waals surface area contributed by atoms with Crippen LogP contribution in [0.15, 0.2) is 104 Å². The van der Waals surface area contributed by atoms with Gasteiger partial charge in [0.05, 0.1) is 22.9 Å². The van der Waals surface area contributed by atoms with Crippen LogP contribution >= 0.6 is 0 Å². The summed E-state index contributed by atoms with van der Waals surface area (Å²) in [4.78, 5) is 4.72. The van der Waals surface area contributed by atoms with Crippen molar-refractivity contribution in [3.8, 4) is 34.1 Å². The Labute approximate surface area is 283 Å². The fourth-order valence-electron chi connectivity index (χ4n) is 7.33. The van der Waals surface area contributed by atoms with Gasteiger partial charge in [-0.05, 0) is 107 Å². The van der Waals surface area contributed by atoms with Gasteiger partial charge in [0, 0.05) is 40.9 Å². The summed E-state index contributed by atoms with van der Waals surface area (Å²) >= 11 is 0. The molecule has 0 aliphatic carbocycles. The van der Waals surface area contributed by atoms with Gasteiger partial charge in [-0.25, -0.2) is 9.67 Å². The fraction of sp³-hybridized carbons (Fsp3) is 0.256. The normalized spacial score (nSPS) is 11.8. The molecule has 242 valence electrons. The lowest BCUT2D eigenvalue weighted by Crippen LogP contribution is -2.08. The molecule has 0 radical (unpaired) electrons. The Morgan fingerprint density at radius 2 is 1.54 bits per heavy atom. The van der Waals surface area contributed by atoms with E-state index >= 15 is 0 Å². The van der Waals surface area contributed by atoms with E-state index in [0.29, 0.717) is 11.8 Å². The van der Waals surface area contributed by atoms with E-state index in [9.17, 15) is 0 Å². The van der Waals surface area contributed by atoms with Crippen molar-refractivity contribution in [2.75, 3.05) is 0 Å². The number of benzene rings is 4. The van der Waals surface area contributed by atoms with Crippen molar-refractivity contribution in [3.05, 3.63) is 131 Å². The first-order valence-electron chi connectivity index (χ1n) is 17.2. The summed E-state index contributed by atoms with van der Waals surface area (Å²) in [5.74, 6) is 3.36. The van der Waals surface area contributed by atoms with Gasteiger partial charge in [-0.1, -0.05) is 71.9 Å². The third-order valence-corrected chi connectivity index (χ3v) is 9.49. The van der Waals surface area contributed by atoms with Crippen LogP contribution in [0.25, 0.3) is 44.4 Å². The van der Waals surface area contributed by atoms with Gasteiger partial charge in [-0.3, -0.25) is 4.57 Å². The number of aryl methyl sites for hydroxylation is 2. The molecule has 0 aliphatic heterocycles. The minimum Gasteiger partial charge on any atom is -0.457 e. The van der Waals surface area contributed by atoms with Crippen LogP contribution in [-0.2, 0) is 12.8 Å². The topological polar surface area (TPSA) is 44.9 Å². The molecule has 5 nitrogen and oxygen atoms in total. The Morgan fingerprint density at radius 1 is 0.750 bits per heavy atom. The zero-order valence-electron chi connectivity index (χ0n) is 29.1. The van der Waals surface area contributed by atoms with E-state index in [1.165, 1.54) is 44.2 Å². The van der Waals surface area contributed by atoms with E-state index in [-0.39, 0.29) is 0 Å². The zero-order valence-corrected chi connectivity index (χ0v) is 29.1. The van der Waals surface area contributed by atoms with Gasteiger partial charge in [0.2, 0.25) is 0 Å². The second-order valence-corrected chi connectivity index (χ2v) is 13.4. The Morgan fingerprint density at radius 3 is 2.29 bits per heavy atom. The predicted molar refractivity (Wildman–Crippen MR) is 199 cm³/mol. The SMILES string of the molecule is CCc1cc(C(C)C)c(C(C)C)c(CC)c1-c1cnn(-c2cccc(Oc3ccc4c5ccccc5n(-c5cc(C)ccn5)c4c3)c2)c1. The molecule has 0 saturated carbocycles. The number of nitrogens with zero attached hydrogens (tertiary/aromatic N) is 4. The molecule has 48 heavy (non-hydrogen) atoms. The summed E-state index contributed by atoms with van der Waals surface area (Å²) < 4.78 is 10.7. The average Bonchev–Trinajstić information content (AvgIpc) is 3.70. The number of pyridine rings is 1. The maximum atomic E-state index is 6.53. The standard InChI is InChI=1S/C43H44N4O/c1-8-30-22-38(27(3)4)42(28(5)6)35(9-2)43(30)31-25-45-46(26-31)32-13-12-14-33(23-32)48-34-17-18-37-36-15-10-11-16-39(36)47(40(37)24-34)41-21-29(7)19-20-44-41/h10-28H,8-9H2,1-7H3. The van der Waals surface area contributed by atoms with Crippen LogP contribution in [-0.4, -0.2) is 19.3 Å². The molecule has 0 N–H and O–H groups in total. The summed E-state index contributed by atoms with van der Waals surface area (Å²) in [5, 5.41) is 7.22. The van der Waals surface area contributed by atoms with Crippen molar-refractivity contribution in [2.45, 2.75) is 73.1 Å². The Bertz CT molecular complexity index is 2270. The first-order chi connectivity index (χ1) is 23.3. The molecular weight excluding hydrogens is 589 g/mol. The smallest absolute Gasteiger partial charge is 0.137 e. The summed E-state index contributed by atoms with van der Waals surface area (Å²) in [6.07, 6.45) is 8.04. The highest BCUT2D eigenvalue weighted by Gasteiger charge is 2.22. The number of hydrogen-bond donors (Lipinski definition) is 0. The summed E-state index contributed by atoms with van der Waals surface area (Å²) in [6.45, 7) is 15.9. The molecule has 5 heteroatoms. The molecule has 0 atom stereocenters. The van der Waals surface area contributed by atoms with Gasteiger partial charge in [0.1, 0.15) is 17.3 Å². The highest BCUT2D eigenvalue weighted by molar-refractivity contribution is 6.09. The van der Waals surface area contributed by atoms with Crippen LogP contribution in [0.4, 0.5) is 0 Å². The number of hydrogen-bond acceptors (Lipinski definition) is 3. The molecule has 4 aromatic carbocycles. The highest BCUT2D eigenvalue weighted by atomic mass is 16.5. The molecule has 0 aliphatic rings. The van der Waals surface area contributed by atoms with Crippen molar-refractivity contribution < 1.29 is 4.74 Å². The first-order valence-corrected chi connectivity index (χ1v) is 17.2. The van der Waals surface area contributed by atoms with E-state index in [4.69, 9.17) is 14.8 Å². The monoisotopic (exact) mass is 632 g/mol. The van der Waals surface area contributed by atoms with Crippen LogP contribution in [0.3, 0.4) is 0 Å². The largest absolute Gasteiger partial charge is 0.457 e. The molecule has 0 saturated heterocycles. The van der Waals surface area contributed by atoms with Gasteiger partial charge in [-0.15, -0.1) is 0 Å². The minimum absolute atomic E-state index is 0.458. The highest BCUT2D eigenvalue weighted by Crippen LogP contribution is 2.40. The molecule has 3 heterocycles. The zero-order chi connectivity index (χ0) is 33.5. The molecule has 0 spiro atoms. The van der Waals surface area contributed by atoms with Crippen LogP contribution in [0.2, 0.25) is 0 Å². The molecule has 7 rings (SSSR count). The van der Waals surface area contributed by atoms with Crippen molar-refractivity contribution in [1.82, 2.24) is 19.3 Å². The average molecular weight is 633 g/mol. The lowest BCUT2D eigenvalue weighted by atomic mass is 9.79. The van der Waals surface area contributed by atoms with Crippen molar-refractivity contribution in [2.24, 2.45) is 0 Å². The van der Waals surface area contributed by atoms with E-state index in [2.05, 4.69) is 120 Å². The Balaban J connectivity index is 1.25. The van der Waals surface area contributed by atoms with Crippen LogP contribution in [0, 0.1) is 6.92 Å². The number of para-hydroxylation sites is 1. The fourth-order valence-corrected chi connectivity index (χ4v) is 7.33. The number of ether oxygens (including phenoxy) is 1. The number of rotatable bonds is 9. The molecule has 0 fully saturated rings. The summed E-state index contributed by atoms with van der Waals surface area (Å²) in [5.41, 5.74) is 12.6. The quantitative estimate of drug-likeness (QED) is 0.159. The molecule has 7 aromatic rings. The van der Waals surface area contributed by atoms with Crippen molar-refractivity contribution >= 4 is 21.8 Å². The molecule has 0 unspecified atom stereocenters. The van der Waals surface area contributed by atoms with Crippen molar-refractivity contribution in [3.63, 3.8) is 0 Å². The second kappa shape index (κ2) is 12.8. The van der Waals surface area contributed by atoms with Crippen molar-refractivity contribution in [1.29, 1.82) is 0 Å². The molecular formula is C43H44N4O. The lowest BCUT2D eigenvalue weighted by Gasteiger charge is -2.25. The third kappa shape index (κ3) is 5.57. The molecule has 3 aromatic heterocycles. The Hall–Kier alpha value is -5.16. The number of aromatic nitrogens is 4. The van der Waals surface area contributed by atoms with E-state index in [1.54, 1.807) is 0 Å². The first kappa shape index (κ1) is 31.4. The van der Waals surface area contributed by atoms with E-state index in [0.717, 1.165) is 52.4 Å².